The van der Waals surface area contributed by atoms with Crippen LogP contribution in [0.2, 0.25) is 0 Å². The minimum atomic E-state index is -0.192. The van der Waals surface area contributed by atoms with Crippen LogP contribution in [0.1, 0.15) is 35.0 Å². The van der Waals surface area contributed by atoms with Crippen molar-refractivity contribution in [3.63, 3.8) is 0 Å². The van der Waals surface area contributed by atoms with Gasteiger partial charge in [-0.3, -0.25) is 19.0 Å². The molecule has 1 N–H and O–H groups in total. The van der Waals surface area contributed by atoms with Crippen LogP contribution in [-0.2, 0) is 0 Å². The summed E-state index contributed by atoms with van der Waals surface area (Å²) in [5.41, 5.74) is 1.61. The first-order valence-electron chi connectivity index (χ1n) is 9.30. The van der Waals surface area contributed by atoms with Crippen molar-refractivity contribution in [3.8, 4) is 0 Å². The summed E-state index contributed by atoms with van der Waals surface area (Å²) in [4.78, 5) is 36.1. The van der Waals surface area contributed by atoms with Gasteiger partial charge in [0.25, 0.3) is 11.5 Å². The van der Waals surface area contributed by atoms with Crippen molar-refractivity contribution < 1.29 is 4.79 Å². The molecule has 0 atom stereocenters. The number of aromatic nitrogens is 3. The number of rotatable bonds is 6. The Labute approximate surface area is 176 Å². The second-order valence-corrected chi connectivity index (χ2v) is 9.06. The number of pyridine rings is 1. The van der Waals surface area contributed by atoms with E-state index in [1.165, 1.54) is 15.7 Å². The normalized spacial score (nSPS) is 11.4. The molecule has 4 rings (SSSR count). The van der Waals surface area contributed by atoms with Crippen LogP contribution in [-0.4, -0.2) is 32.6 Å². The molecule has 0 aliphatic heterocycles. The van der Waals surface area contributed by atoms with Crippen LogP contribution in [0.3, 0.4) is 0 Å². The average molecular weight is 425 g/mol. The van der Waals surface area contributed by atoms with Crippen molar-refractivity contribution in [1.82, 2.24) is 19.7 Å². The number of nitrogens with zero attached hydrogens (tertiary/aromatic N) is 3. The van der Waals surface area contributed by atoms with E-state index in [2.05, 4.69) is 29.1 Å². The Balaban J connectivity index is 1.52. The van der Waals surface area contributed by atoms with Crippen LogP contribution in [0.5, 0.6) is 0 Å². The van der Waals surface area contributed by atoms with Gasteiger partial charge in [-0.15, -0.1) is 11.8 Å². The molecule has 3 aromatic heterocycles. The number of thioether (sulfide) groups is 1. The topological polar surface area (TPSA) is 76.4 Å². The number of hydrogen-bond acceptors (Lipinski definition) is 6. The smallest absolute Gasteiger partial charge is 0.266 e. The molecular formula is C21H20N4O2S2. The molecule has 1 amide bonds. The van der Waals surface area contributed by atoms with Gasteiger partial charge < -0.3 is 5.32 Å². The maximum Gasteiger partial charge on any atom is 0.266 e. The number of hydrogen-bond donors (Lipinski definition) is 1. The summed E-state index contributed by atoms with van der Waals surface area (Å²) in [5.74, 6) is 0.885. The van der Waals surface area contributed by atoms with Gasteiger partial charge in [-0.25, -0.2) is 4.98 Å². The van der Waals surface area contributed by atoms with E-state index in [0.717, 1.165) is 16.2 Å². The van der Waals surface area contributed by atoms with Crippen LogP contribution < -0.4 is 10.9 Å². The molecule has 6 nitrogen and oxygen atoms in total. The zero-order valence-corrected chi connectivity index (χ0v) is 17.7. The van der Waals surface area contributed by atoms with Crippen molar-refractivity contribution in [2.75, 3.05) is 12.3 Å². The van der Waals surface area contributed by atoms with Crippen LogP contribution >= 0.6 is 23.1 Å². The second-order valence-electron chi connectivity index (χ2n) is 6.88. The molecule has 3 heterocycles. The minimum absolute atomic E-state index is 0.143. The summed E-state index contributed by atoms with van der Waals surface area (Å²) < 4.78 is 1.47. The third kappa shape index (κ3) is 4.18. The zero-order chi connectivity index (χ0) is 20.4. The van der Waals surface area contributed by atoms with Gasteiger partial charge in [0.1, 0.15) is 4.88 Å². The fraction of sp³-hybridized carbons (Fsp3) is 0.238. The van der Waals surface area contributed by atoms with E-state index < -0.39 is 0 Å². The number of nitrogens with one attached hydrogen (secondary N) is 1. The highest BCUT2D eigenvalue weighted by atomic mass is 32.2. The van der Waals surface area contributed by atoms with Crippen molar-refractivity contribution in [1.29, 1.82) is 0 Å². The third-order valence-electron chi connectivity index (χ3n) is 4.54. The quantitative estimate of drug-likeness (QED) is 0.375. The average Bonchev–Trinajstić information content (AvgIpc) is 3.16. The summed E-state index contributed by atoms with van der Waals surface area (Å²) in [6.45, 7) is 4.71. The van der Waals surface area contributed by atoms with E-state index in [9.17, 15) is 9.59 Å². The van der Waals surface area contributed by atoms with Crippen molar-refractivity contribution in [3.05, 3.63) is 69.7 Å². The zero-order valence-electron chi connectivity index (χ0n) is 16.1. The predicted molar refractivity (Wildman–Crippen MR) is 118 cm³/mol. The van der Waals surface area contributed by atoms with Gasteiger partial charge in [0.05, 0.1) is 10.9 Å². The maximum absolute atomic E-state index is 12.9. The molecule has 148 valence electrons. The monoisotopic (exact) mass is 424 g/mol. The lowest BCUT2D eigenvalue weighted by molar-refractivity contribution is 0.0960. The van der Waals surface area contributed by atoms with Crippen molar-refractivity contribution >= 4 is 44.9 Å². The van der Waals surface area contributed by atoms with Gasteiger partial charge in [0.2, 0.25) is 0 Å². The summed E-state index contributed by atoms with van der Waals surface area (Å²) in [6.07, 6.45) is 5.08. The van der Waals surface area contributed by atoms with Gasteiger partial charge in [0.15, 0.2) is 4.96 Å². The third-order valence-corrected chi connectivity index (χ3v) is 6.53. The first kappa shape index (κ1) is 19.6. The standard InChI is InChI=1S/C21H20N4O2S2/c1-13(2)14-3-4-17-16(11-14)20(27)25-12-18(29-21(25)24-17)19(26)23-9-10-28-15-5-7-22-8-6-15/h3-8,11-13H,9-10H2,1-2H3,(H,23,26). The molecule has 0 saturated heterocycles. The largest absolute Gasteiger partial charge is 0.350 e. The number of benzene rings is 1. The minimum Gasteiger partial charge on any atom is -0.350 e. The lowest BCUT2D eigenvalue weighted by Crippen LogP contribution is -2.25. The summed E-state index contributed by atoms with van der Waals surface area (Å²) >= 11 is 2.88. The number of carbonyl (C=O) groups excluding carboxylic acids is 1. The van der Waals surface area contributed by atoms with E-state index >= 15 is 0 Å². The van der Waals surface area contributed by atoms with E-state index in [-0.39, 0.29) is 11.5 Å². The highest BCUT2D eigenvalue weighted by molar-refractivity contribution is 7.99. The maximum atomic E-state index is 12.9. The lowest BCUT2D eigenvalue weighted by atomic mass is 10.0. The molecule has 0 fully saturated rings. The van der Waals surface area contributed by atoms with Crippen LogP contribution in [0.25, 0.3) is 15.9 Å². The predicted octanol–water partition coefficient (Wildman–Crippen LogP) is 3.95. The van der Waals surface area contributed by atoms with Crippen LogP contribution in [0.15, 0.2) is 58.6 Å². The fourth-order valence-electron chi connectivity index (χ4n) is 2.94. The molecule has 0 unspecified atom stereocenters. The van der Waals surface area contributed by atoms with Crippen LogP contribution in [0.4, 0.5) is 0 Å². The molecular weight excluding hydrogens is 404 g/mol. The summed E-state index contributed by atoms with van der Waals surface area (Å²) in [5, 5.41) is 3.48. The Hall–Kier alpha value is -2.71. The Morgan fingerprint density at radius 1 is 1.24 bits per heavy atom. The highest BCUT2D eigenvalue weighted by Crippen LogP contribution is 2.21. The van der Waals surface area contributed by atoms with Crippen molar-refractivity contribution in [2.24, 2.45) is 0 Å². The SMILES string of the molecule is CC(C)c1ccc2nc3sc(C(=O)NCCSc4ccncc4)cn3c(=O)c2c1. The van der Waals surface area contributed by atoms with Gasteiger partial charge in [-0.05, 0) is 35.7 Å². The Morgan fingerprint density at radius 3 is 2.79 bits per heavy atom. The Kier molecular flexibility index (Phi) is 5.64. The van der Waals surface area contributed by atoms with Gasteiger partial charge in [-0.2, -0.15) is 0 Å². The number of amides is 1. The fourth-order valence-corrected chi connectivity index (χ4v) is 4.59. The molecule has 29 heavy (non-hydrogen) atoms. The highest BCUT2D eigenvalue weighted by Gasteiger charge is 2.14. The van der Waals surface area contributed by atoms with Gasteiger partial charge in [-0.1, -0.05) is 31.3 Å². The Bertz CT molecular complexity index is 1230. The van der Waals surface area contributed by atoms with E-state index in [0.29, 0.717) is 33.2 Å². The first-order chi connectivity index (χ1) is 14.0. The van der Waals surface area contributed by atoms with Crippen LogP contribution in [0, 0.1) is 0 Å². The van der Waals surface area contributed by atoms with E-state index in [1.54, 1.807) is 30.4 Å². The molecule has 8 heteroatoms. The molecule has 0 spiro atoms. The lowest BCUT2D eigenvalue weighted by Gasteiger charge is -2.06. The molecule has 4 aromatic rings. The summed E-state index contributed by atoms with van der Waals surface area (Å²) in [7, 11) is 0. The van der Waals surface area contributed by atoms with E-state index in [1.807, 2.05) is 30.3 Å². The Morgan fingerprint density at radius 2 is 2.03 bits per heavy atom. The number of carbonyl (C=O) groups is 1. The first-order valence-corrected chi connectivity index (χ1v) is 11.1. The molecule has 0 saturated carbocycles. The van der Waals surface area contributed by atoms with Crippen molar-refractivity contribution in [2.45, 2.75) is 24.7 Å². The number of thiazole rings is 1. The van der Waals surface area contributed by atoms with E-state index in [4.69, 9.17) is 0 Å². The second kappa shape index (κ2) is 8.34. The number of fused-ring (bicyclic) bond motifs is 2. The van der Waals surface area contributed by atoms with Gasteiger partial charge in [0, 0.05) is 35.8 Å². The molecule has 0 aliphatic rings. The molecule has 0 aliphatic carbocycles. The molecule has 0 bridgehead atoms. The molecule has 0 radical (unpaired) electrons. The summed E-state index contributed by atoms with van der Waals surface area (Å²) in [6, 6.07) is 9.65. The van der Waals surface area contributed by atoms with Gasteiger partial charge >= 0.3 is 0 Å². The molecule has 1 aromatic carbocycles.